The van der Waals surface area contributed by atoms with E-state index < -0.39 is 5.60 Å². The summed E-state index contributed by atoms with van der Waals surface area (Å²) in [7, 11) is 4.05. The van der Waals surface area contributed by atoms with E-state index in [0.717, 1.165) is 17.9 Å². The van der Waals surface area contributed by atoms with E-state index in [1.165, 1.54) is 5.56 Å². The zero-order chi connectivity index (χ0) is 18.4. The summed E-state index contributed by atoms with van der Waals surface area (Å²) in [6, 6.07) is 11.3. The van der Waals surface area contributed by atoms with Crippen molar-refractivity contribution >= 4 is 6.03 Å². The van der Waals surface area contributed by atoms with Crippen molar-refractivity contribution < 1.29 is 14.3 Å². The molecular formula is C19H27N3O3. The zero-order valence-corrected chi connectivity index (χ0v) is 15.3. The lowest BCUT2D eigenvalue weighted by atomic mass is 10.0. The summed E-state index contributed by atoms with van der Waals surface area (Å²) >= 11 is 0. The molecule has 0 saturated carbocycles. The number of urea groups is 1. The number of benzene rings is 1. The summed E-state index contributed by atoms with van der Waals surface area (Å²) in [5.74, 6) is 1.15. The maximum Gasteiger partial charge on any atom is 0.315 e. The van der Waals surface area contributed by atoms with E-state index in [1.54, 1.807) is 19.1 Å². The molecule has 1 unspecified atom stereocenters. The SMILES string of the molecule is Cc1ccc(C(C)(O)CNC(=O)NCc2ccc(CN(C)C)cc2)o1. The van der Waals surface area contributed by atoms with Crippen LogP contribution in [-0.2, 0) is 18.7 Å². The highest BCUT2D eigenvalue weighted by Gasteiger charge is 2.27. The Bertz CT molecular complexity index is 690. The molecule has 0 aliphatic carbocycles. The number of aliphatic hydroxyl groups is 1. The van der Waals surface area contributed by atoms with Crippen LogP contribution in [0.4, 0.5) is 4.79 Å². The van der Waals surface area contributed by atoms with E-state index in [0.29, 0.717) is 12.3 Å². The van der Waals surface area contributed by atoms with Crippen molar-refractivity contribution in [1.29, 1.82) is 0 Å². The van der Waals surface area contributed by atoms with E-state index >= 15 is 0 Å². The van der Waals surface area contributed by atoms with Gasteiger partial charge in [-0.3, -0.25) is 0 Å². The van der Waals surface area contributed by atoms with Crippen LogP contribution in [-0.4, -0.2) is 36.7 Å². The highest BCUT2D eigenvalue weighted by molar-refractivity contribution is 5.73. The minimum atomic E-state index is -1.25. The molecule has 3 N–H and O–H groups in total. The van der Waals surface area contributed by atoms with Gasteiger partial charge in [0, 0.05) is 13.1 Å². The normalized spacial score (nSPS) is 13.5. The van der Waals surface area contributed by atoms with Gasteiger partial charge in [-0.25, -0.2) is 4.79 Å². The number of rotatable bonds is 7. The molecule has 1 aromatic carbocycles. The van der Waals surface area contributed by atoms with Gasteiger partial charge in [0.2, 0.25) is 0 Å². The average Bonchev–Trinajstić information content (AvgIpc) is 2.99. The van der Waals surface area contributed by atoms with Gasteiger partial charge < -0.3 is 25.1 Å². The number of nitrogens with one attached hydrogen (secondary N) is 2. The summed E-state index contributed by atoms with van der Waals surface area (Å²) in [6.07, 6.45) is 0. The van der Waals surface area contributed by atoms with Gasteiger partial charge in [-0.05, 0) is 51.2 Å². The number of carbonyl (C=O) groups is 1. The summed E-state index contributed by atoms with van der Waals surface area (Å²) in [6.45, 7) is 4.79. The fourth-order valence-electron chi connectivity index (χ4n) is 2.44. The molecule has 6 nitrogen and oxygen atoms in total. The molecule has 0 aliphatic rings. The van der Waals surface area contributed by atoms with Gasteiger partial charge >= 0.3 is 6.03 Å². The Labute approximate surface area is 148 Å². The van der Waals surface area contributed by atoms with Crippen molar-refractivity contribution in [2.75, 3.05) is 20.6 Å². The highest BCUT2D eigenvalue weighted by Crippen LogP contribution is 2.21. The molecule has 2 aromatic rings. The summed E-state index contributed by atoms with van der Waals surface area (Å²) in [4.78, 5) is 14.0. The third-order valence-electron chi connectivity index (χ3n) is 3.84. The molecule has 0 radical (unpaired) electrons. The Morgan fingerprint density at radius 2 is 1.76 bits per heavy atom. The predicted octanol–water partition coefficient (Wildman–Crippen LogP) is 2.36. The molecule has 136 valence electrons. The molecule has 1 heterocycles. The smallest absolute Gasteiger partial charge is 0.315 e. The molecule has 25 heavy (non-hydrogen) atoms. The van der Waals surface area contributed by atoms with Crippen LogP contribution in [0.1, 0.15) is 29.6 Å². The van der Waals surface area contributed by atoms with Crippen LogP contribution in [0.3, 0.4) is 0 Å². The second-order valence-corrected chi connectivity index (χ2v) is 6.77. The van der Waals surface area contributed by atoms with Crippen LogP contribution in [0, 0.1) is 6.92 Å². The molecular weight excluding hydrogens is 318 g/mol. The number of aryl methyl sites for hydroxylation is 1. The lowest BCUT2D eigenvalue weighted by Crippen LogP contribution is -2.43. The lowest BCUT2D eigenvalue weighted by molar-refractivity contribution is 0.0359. The second kappa shape index (κ2) is 8.18. The fraction of sp³-hybridized carbons (Fsp3) is 0.421. The maximum absolute atomic E-state index is 11.9. The molecule has 0 fully saturated rings. The molecule has 6 heteroatoms. The van der Waals surface area contributed by atoms with E-state index in [4.69, 9.17) is 4.42 Å². The van der Waals surface area contributed by atoms with Crippen LogP contribution in [0.5, 0.6) is 0 Å². The van der Waals surface area contributed by atoms with Crippen LogP contribution in [0.25, 0.3) is 0 Å². The number of furan rings is 1. The fourth-order valence-corrected chi connectivity index (χ4v) is 2.44. The average molecular weight is 345 g/mol. The van der Waals surface area contributed by atoms with Gasteiger partial charge in [-0.2, -0.15) is 0 Å². The number of amides is 2. The Hall–Kier alpha value is -2.31. The number of nitrogens with zero attached hydrogens (tertiary/aromatic N) is 1. The summed E-state index contributed by atoms with van der Waals surface area (Å²) in [5, 5.41) is 15.9. The second-order valence-electron chi connectivity index (χ2n) is 6.77. The largest absolute Gasteiger partial charge is 0.463 e. The standard InChI is InChI=1S/C19H27N3O3/c1-14-5-10-17(25-14)19(2,24)13-21-18(23)20-11-15-6-8-16(9-7-15)12-22(3)4/h5-10,24H,11-13H2,1-4H3,(H2,20,21,23). The van der Waals surface area contributed by atoms with E-state index in [-0.39, 0.29) is 12.6 Å². The monoisotopic (exact) mass is 345 g/mol. The van der Waals surface area contributed by atoms with E-state index in [9.17, 15) is 9.90 Å². The Morgan fingerprint density at radius 3 is 2.32 bits per heavy atom. The van der Waals surface area contributed by atoms with Crippen LogP contribution >= 0.6 is 0 Å². The first-order valence-electron chi connectivity index (χ1n) is 8.30. The van der Waals surface area contributed by atoms with Gasteiger partial charge in [-0.15, -0.1) is 0 Å². The number of carbonyl (C=O) groups excluding carboxylic acids is 1. The topological polar surface area (TPSA) is 77.7 Å². The van der Waals surface area contributed by atoms with Crippen LogP contribution in [0.2, 0.25) is 0 Å². The van der Waals surface area contributed by atoms with Gasteiger partial charge in [0.05, 0.1) is 6.54 Å². The minimum absolute atomic E-state index is 0.0631. The van der Waals surface area contributed by atoms with Gasteiger partial charge in [0.15, 0.2) is 0 Å². The van der Waals surface area contributed by atoms with Crippen molar-refractivity contribution in [2.45, 2.75) is 32.5 Å². The summed E-state index contributed by atoms with van der Waals surface area (Å²) < 4.78 is 5.42. The molecule has 0 aliphatic heterocycles. The first kappa shape index (κ1) is 19.0. The van der Waals surface area contributed by atoms with Crippen molar-refractivity contribution in [3.05, 3.63) is 59.0 Å². The molecule has 1 aromatic heterocycles. The number of hydrogen-bond donors (Lipinski definition) is 3. The molecule has 0 saturated heterocycles. The van der Waals surface area contributed by atoms with Gasteiger partial charge in [0.25, 0.3) is 0 Å². The van der Waals surface area contributed by atoms with Crippen molar-refractivity contribution in [3.8, 4) is 0 Å². The van der Waals surface area contributed by atoms with Crippen LogP contribution < -0.4 is 10.6 Å². The molecule has 2 amide bonds. The minimum Gasteiger partial charge on any atom is -0.463 e. The summed E-state index contributed by atoms with van der Waals surface area (Å²) in [5.41, 5.74) is 0.994. The van der Waals surface area contributed by atoms with Crippen LogP contribution in [0.15, 0.2) is 40.8 Å². The number of hydrogen-bond acceptors (Lipinski definition) is 4. The Kier molecular flexibility index (Phi) is 6.22. The molecule has 0 bridgehead atoms. The first-order valence-corrected chi connectivity index (χ1v) is 8.30. The Balaban J connectivity index is 1.78. The van der Waals surface area contributed by atoms with E-state index in [1.807, 2.05) is 33.2 Å². The zero-order valence-electron chi connectivity index (χ0n) is 15.3. The Morgan fingerprint density at radius 1 is 1.12 bits per heavy atom. The highest BCUT2D eigenvalue weighted by atomic mass is 16.4. The van der Waals surface area contributed by atoms with Crippen molar-refractivity contribution in [1.82, 2.24) is 15.5 Å². The van der Waals surface area contributed by atoms with Gasteiger partial charge in [-0.1, -0.05) is 24.3 Å². The lowest BCUT2D eigenvalue weighted by Gasteiger charge is -2.21. The third kappa shape index (κ3) is 5.92. The van der Waals surface area contributed by atoms with Gasteiger partial charge in [0.1, 0.15) is 17.1 Å². The van der Waals surface area contributed by atoms with Crippen molar-refractivity contribution in [3.63, 3.8) is 0 Å². The molecule has 1 atom stereocenters. The third-order valence-corrected chi connectivity index (χ3v) is 3.84. The first-order chi connectivity index (χ1) is 11.8. The van der Waals surface area contributed by atoms with Crippen molar-refractivity contribution in [2.24, 2.45) is 0 Å². The maximum atomic E-state index is 11.9. The van der Waals surface area contributed by atoms with E-state index in [2.05, 4.69) is 27.7 Å². The molecule has 0 spiro atoms. The quantitative estimate of drug-likeness (QED) is 0.720. The molecule has 2 rings (SSSR count). The predicted molar refractivity (Wildman–Crippen MR) is 97.1 cm³/mol.